The molecule has 0 aliphatic heterocycles. The topological polar surface area (TPSA) is 0 Å². The molecule has 0 rings (SSSR count). The number of hydrogen-bond acceptors (Lipinski definition) is 0. The van der Waals surface area contributed by atoms with Crippen LogP contribution in [0.25, 0.3) is 0 Å². The van der Waals surface area contributed by atoms with E-state index in [4.69, 9.17) is 0 Å². The Morgan fingerprint density at radius 3 is 2.14 bits per heavy atom. The Balaban J connectivity index is 0. The molecule has 0 radical (unpaired) electrons. The van der Waals surface area contributed by atoms with Crippen molar-refractivity contribution in [2.24, 2.45) is 0 Å². The van der Waals surface area contributed by atoms with Crippen molar-refractivity contribution in [1.29, 1.82) is 0 Å². The maximum absolute atomic E-state index is 2.95. The van der Waals surface area contributed by atoms with E-state index in [1.54, 1.807) is 0 Å². The van der Waals surface area contributed by atoms with Gasteiger partial charge in [-0.1, -0.05) is 6.92 Å². The normalized spacial score (nSPS) is 5.43. The summed E-state index contributed by atoms with van der Waals surface area (Å²) in [6, 6.07) is 0. The summed E-state index contributed by atoms with van der Waals surface area (Å²) in [7, 11) is 0. The molecule has 0 aliphatic carbocycles. The van der Waals surface area contributed by atoms with E-state index in [0.717, 1.165) is 6.42 Å². The van der Waals surface area contributed by atoms with E-state index in [1.165, 1.54) is 6.42 Å². The minimum Gasteiger partial charge on any atom is -0.107 e. The van der Waals surface area contributed by atoms with Crippen LogP contribution in [0.5, 0.6) is 0 Å². The smallest absolute Gasteiger partial charge is 0.00859 e. The molecule has 1 heteroatoms. The summed E-state index contributed by atoms with van der Waals surface area (Å²) >= 11 is 0. The van der Waals surface area contributed by atoms with E-state index in [1.807, 2.05) is 6.92 Å². The summed E-state index contributed by atoms with van der Waals surface area (Å²) in [6.45, 7) is 4.00. The molecule has 38 valence electrons. The molecule has 0 aromatic heterocycles. The maximum atomic E-state index is 2.95. The first-order valence-corrected chi connectivity index (χ1v) is 2.31. The van der Waals surface area contributed by atoms with Crippen molar-refractivity contribution < 1.29 is 31.1 Å². The first-order valence-electron chi connectivity index (χ1n) is 2.31. The van der Waals surface area contributed by atoms with Crippen LogP contribution in [0.3, 0.4) is 0 Å². The molecule has 0 unspecified atom stereocenters. The molecule has 0 saturated heterocycles. The van der Waals surface area contributed by atoms with Crippen LogP contribution in [0.1, 0.15) is 26.7 Å². The summed E-state index contributed by atoms with van der Waals surface area (Å²) < 4.78 is 0. The van der Waals surface area contributed by atoms with E-state index in [-0.39, 0.29) is 31.1 Å². The van der Waals surface area contributed by atoms with Crippen LogP contribution in [0, 0.1) is 43.0 Å². The molecule has 0 amide bonds. The average Bonchev–Trinajstić information content (AvgIpc) is 1.61. The number of hydrogen-bond donors (Lipinski definition) is 0. The zero-order valence-corrected chi connectivity index (χ0v) is 9.08. The Bertz CT molecular complexity index is 66.0. The largest absolute Gasteiger partial charge is 0.107 e. The zero-order chi connectivity index (χ0) is 4.83. The fourth-order valence-electron chi connectivity index (χ4n) is 0.250. The standard InChI is InChI=1S/C6H10.U/c1-3-5-6-4-2;/h3,5H2,1-2H3;. The minimum absolute atomic E-state index is 0. The molecule has 0 spiro atoms. The third-order valence-corrected chi connectivity index (χ3v) is 0.552. The molecular weight excluding hydrogens is 310 g/mol. The SMILES string of the molecule is CC#CCCC.[U]. The van der Waals surface area contributed by atoms with Gasteiger partial charge < -0.3 is 0 Å². The van der Waals surface area contributed by atoms with Crippen molar-refractivity contribution in [3.8, 4) is 11.8 Å². The molecule has 0 nitrogen and oxygen atoms in total. The molecule has 0 aliphatic rings. The van der Waals surface area contributed by atoms with E-state index in [9.17, 15) is 0 Å². The van der Waals surface area contributed by atoms with Crippen LogP contribution in [0.15, 0.2) is 0 Å². The third kappa shape index (κ3) is 10.8. The summed E-state index contributed by atoms with van der Waals surface area (Å²) in [6.07, 6.45) is 2.23. The van der Waals surface area contributed by atoms with Crippen molar-refractivity contribution >= 4 is 0 Å². The van der Waals surface area contributed by atoms with Crippen molar-refractivity contribution in [1.82, 2.24) is 0 Å². The van der Waals surface area contributed by atoms with Gasteiger partial charge in [-0.05, 0) is 13.3 Å². The molecule has 0 heterocycles. The van der Waals surface area contributed by atoms with Crippen molar-refractivity contribution in [3.05, 3.63) is 0 Å². The van der Waals surface area contributed by atoms with Crippen LogP contribution < -0.4 is 0 Å². The van der Waals surface area contributed by atoms with Gasteiger partial charge in [0.15, 0.2) is 0 Å². The number of rotatable bonds is 1. The summed E-state index contributed by atoms with van der Waals surface area (Å²) in [5.41, 5.74) is 0. The molecular formula is C6H10U. The van der Waals surface area contributed by atoms with Crippen molar-refractivity contribution in [2.45, 2.75) is 26.7 Å². The second-order valence-corrected chi connectivity index (χ2v) is 1.18. The Morgan fingerprint density at radius 2 is 2.00 bits per heavy atom. The van der Waals surface area contributed by atoms with Crippen molar-refractivity contribution in [3.63, 3.8) is 0 Å². The van der Waals surface area contributed by atoms with Gasteiger partial charge in [-0.2, -0.15) is 0 Å². The Labute approximate surface area is 69.4 Å². The van der Waals surface area contributed by atoms with Crippen LogP contribution in [-0.2, 0) is 0 Å². The molecule has 0 N–H and O–H groups in total. The van der Waals surface area contributed by atoms with Gasteiger partial charge in [-0.15, -0.1) is 11.8 Å². The molecule has 0 atom stereocenters. The molecule has 7 heavy (non-hydrogen) atoms. The van der Waals surface area contributed by atoms with Gasteiger partial charge in [-0.25, -0.2) is 0 Å². The van der Waals surface area contributed by atoms with Gasteiger partial charge in [0, 0.05) is 37.5 Å². The zero-order valence-electron chi connectivity index (χ0n) is 4.91. The summed E-state index contributed by atoms with van der Waals surface area (Å²) in [4.78, 5) is 0. The van der Waals surface area contributed by atoms with Crippen LogP contribution in [0.4, 0.5) is 0 Å². The van der Waals surface area contributed by atoms with E-state index < -0.39 is 0 Å². The second-order valence-electron chi connectivity index (χ2n) is 1.18. The minimum atomic E-state index is 0. The Kier molecular flexibility index (Phi) is 14.8. The molecule has 0 saturated carbocycles. The van der Waals surface area contributed by atoms with Crippen LogP contribution >= 0.6 is 0 Å². The molecule has 0 aromatic carbocycles. The maximum Gasteiger partial charge on any atom is 0.00859 e. The van der Waals surface area contributed by atoms with Crippen LogP contribution in [-0.4, -0.2) is 0 Å². The average molecular weight is 320 g/mol. The van der Waals surface area contributed by atoms with E-state index in [2.05, 4.69) is 18.8 Å². The molecule has 0 aromatic rings. The van der Waals surface area contributed by atoms with Crippen molar-refractivity contribution in [2.75, 3.05) is 0 Å². The monoisotopic (exact) mass is 320 g/mol. The van der Waals surface area contributed by atoms with E-state index in [0.29, 0.717) is 0 Å². The predicted molar refractivity (Wildman–Crippen MR) is 28.4 cm³/mol. The van der Waals surface area contributed by atoms with Gasteiger partial charge in [0.2, 0.25) is 0 Å². The molecule has 0 bridgehead atoms. The number of unbranched alkanes of at least 4 members (excludes halogenated alkanes) is 1. The Morgan fingerprint density at radius 1 is 1.43 bits per heavy atom. The third-order valence-electron chi connectivity index (χ3n) is 0.552. The quantitative estimate of drug-likeness (QED) is 0.647. The predicted octanol–water partition coefficient (Wildman–Crippen LogP) is 1.81. The molecule has 0 fully saturated rings. The fraction of sp³-hybridized carbons (Fsp3) is 0.667. The second kappa shape index (κ2) is 9.79. The van der Waals surface area contributed by atoms with Crippen LogP contribution in [0.2, 0.25) is 0 Å². The Hall–Kier alpha value is 0.612. The van der Waals surface area contributed by atoms with Gasteiger partial charge >= 0.3 is 0 Å². The van der Waals surface area contributed by atoms with Gasteiger partial charge in [0.1, 0.15) is 0 Å². The fourth-order valence-corrected chi connectivity index (χ4v) is 0.250. The first-order chi connectivity index (χ1) is 2.91. The van der Waals surface area contributed by atoms with Gasteiger partial charge in [-0.3, -0.25) is 0 Å². The van der Waals surface area contributed by atoms with E-state index >= 15 is 0 Å². The summed E-state index contributed by atoms with van der Waals surface area (Å²) in [5, 5.41) is 0. The first kappa shape index (κ1) is 10.6. The van der Waals surface area contributed by atoms with Gasteiger partial charge in [0.05, 0.1) is 0 Å². The summed E-state index contributed by atoms with van der Waals surface area (Å²) in [5.74, 6) is 5.77. The van der Waals surface area contributed by atoms with Gasteiger partial charge in [0.25, 0.3) is 0 Å².